The molecule has 0 spiro atoms. The van der Waals surface area contributed by atoms with Gasteiger partial charge in [0, 0.05) is 51.2 Å². The van der Waals surface area contributed by atoms with Gasteiger partial charge in [-0.3, -0.25) is 19.7 Å². The molecule has 0 saturated carbocycles. The second-order valence-electron chi connectivity index (χ2n) is 9.37. The van der Waals surface area contributed by atoms with Gasteiger partial charge in [0.15, 0.2) is 5.58 Å². The second-order valence-corrected chi connectivity index (χ2v) is 9.37. The predicted octanol–water partition coefficient (Wildman–Crippen LogP) is 1.95. The molecule has 2 unspecified atom stereocenters. The minimum absolute atomic E-state index is 0.0224. The van der Waals surface area contributed by atoms with Crippen LogP contribution in [0.1, 0.15) is 22.3 Å². The van der Waals surface area contributed by atoms with Gasteiger partial charge >= 0.3 is 6.18 Å². The van der Waals surface area contributed by atoms with Crippen LogP contribution in [0.2, 0.25) is 0 Å². The number of aliphatic hydroxyl groups excluding tert-OH is 1. The highest BCUT2D eigenvalue weighted by atomic mass is 19.4. The molecule has 0 aliphatic carbocycles. The number of carbonyl (C=O) groups excluding carboxylic acids is 1. The summed E-state index contributed by atoms with van der Waals surface area (Å²) in [6, 6.07) is 2.60. The minimum atomic E-state index is -4.38. The molecule has 2 atom stereocenters. The highest BCUT2D eigenvalue weighted by Gasteiger charge is 2.44. The molecule has 0 bridgehead atoms. The Kier molecular flexibility index (Phi) is 6.22. The number of carbonyl (C=O) groups is 1. The van der Waals surface area contributed by atoms with Crippen molar-refractivity contribution in [1.29, 1.82) is 0 Å². The summed E-state index contributed by atoms with van der Waals surface area (Å²) < 4.78 is 45.9. The van der Waals surface area contributed by atoms with Crippen molar-refractivity contribution in [2.75, 3.05) is 42.1 Å². The van der Waals surface area contributed by atoms with E-state index in [0.29, 0.717) is 30.9 Å². The summed E-state index contributed by atoms with van der Waals surface area (Å²) in [7, 11) is 0. The van der Waals surface area contributed by atoms with Gasteiger partial charge in [-0.15, -0.1) is 0 Å². The van der Waals surface area contributed by atoms with Crippen LogP contribution in [0.4, 0.5) is 30.4 Å². The summed E-state index contributed by atoms with van der Waals surface area (Å²) in [6.45, 7) is 1.64. The van der Waals surface area contributed by atoms with E-state index in [1.54, 1.807) is 12.3 Å². The van der Waals surface area contributed by atoms with Crippen molar-refractivity contribution in [1.82, 2.24) is 14.9 Å². The molecular weight excluding hydrogens is 479 g/mol. The number of rotatable bonds is 5. The molecule has 36 heavy (non-hydrogen) atoms. The molecule has 0 aromatic carbocycles. The van der Waals surface area contributed by atoms with Gasteiger partial charge in [-0.25, -0.2) is 0 Å². The Balaban J connectivity index is 1.38. The number of furan rings is 1. The summed E-state index contributed by atoms with van der Waals surface area (Å²) in [5, 5.41) is 12.2. The Bertz CT molecular complexity index is 1280. The summed E-state index contributed by atoms with van der Waals surface area (Å²) >= 11 is 0. The van der Waals surface area contributed by atoms with Crippen LogP contribution in [-0.2, 0) is 6.54 Å². The number of hydrogen-bond acceptors (Lipinski definition) is 9. The van der Waals surface area contributed by atoms with Gasteiger partial charge in [0.1, 0.15) is 11.1 Å². The Hall–Kier alpha value is -3.42. The van der Waals surface area contributed by atoms with Gasteiger partial charge in [0.2, 0.25) is 5.88 Å². The van der Waals surface area contributed by atoms with Crippen molar-refractivity contribution in [3.63, 3.8) is 0 Å². The number of amides is 1. The first-order valence-electron chi connectivity index (χ1n) is 11.5. The van der Waals surface area contributed by atoms with E-state index in [1.165, 1.54) is 23.4 Å². The van der Waals surface area contributed by atoms with E-state index in [1.807, 2.05) is 4.90 Å². The molecular formula is C23H26F3N7O3. The lowest BCUT2D eigenvalue weighted by atomic mass is 9.93. The fourth-order valence-electron chi connectivity index (χ4n) is 4.79. The first-order valence-corrected chi connectivity index (χ1v) is 11.5. The van der Waals surface area contributed by atoms with E-state index in [4.69, 9.17) is 15.9 Å². The van der Waals surface area contributed by atoms with E-state index in [0.717, 1.165) is 5.56 Å². The Morgan fingerprint density at radius 3 is 2.75 bits per heavy atom. The fourth-order valence-corrected chi connectivity index (χ4v) is 4.79. The zero-order valence-electron chi connectivity index (χ0n) is 19.2. The first-order chi connectivity index (χ1) is 17.1. The van der Waals surface area contributed by atoms with E-state index in [-0.39, 0.29) is 48.3 Å². The maximum absolute atomic E-state index is 13.4. The number of aromatic nitrogens is 2. The third kappa shape index (κ3) is 4.81. The predicted molar refractivity (Wildman–Crippen MR) is 126 cm³/mol. The molecule has 0 radical (unpaired) electrons. The monoisotopic (exact) mass is 505 g/mol. The third-order valence-corrected chi connectivity index (χ3v) is 6.52. The number of nitrogen functional groups attached to an aromatic ring is 1. The van der Waals surface area contributed by atoms with Crippen LogP contribution in [0.3, 0.4) is 0 Å². The summed E-state index contributed by atoms with van der Waals surface area (Å²) in [6.07, 6.45) is -0.446. The molecule has 1 amide bonds. The van der Waals surface area contributed by atoms with Crippen LogP contribution in [0, 0.1) is 5.92 Å². The molecule has 3 aromatic heterocycles. The molecule has 192 valence electrons. The maximum atomic E-state index is 13.4. The van der Waals surface area contributed by atoms with Gasteiger partial charge in [0.25, 0.3) is 5.91 Å². The van der Waals surface area contributed by atoms with E-state index in [9.17, 15) is 23.1 Å². The molecule has 2 saturated heterocycles. The second kappa shape index (κ2) is 9.22. The Morgan fingerprint density at radius 2 is 2.03 bits per heavy atom. The van der Waals surface area contributed by atoms with Crippen molar-refractivity contribution in [2.45, 2.75) is 31.3 Å². The topological polar surface area (TPSA) is 147 Å². The number of aliphatic hydroxyl groups is 1. The number of hydrogen-bond donors (Lipinski definition) is 4. The number of pyridine rings is 2. The Labute approximate surface area is 204 Å². The fraction of sp³-hybridized carbons (Fsp3) is 0.435. The first kappa shape index (κ1) is 24.3. The highest BCUT2D eigenvalue weighted by Crippen LogP contribution is 2.37. The van der Waals surface area contributed by atoms with Crippen LogP contribution in [0.15, 0.2) is 35.1 Å². The molecule has 2 aliphatic heterocycles. The average molecular weight is 506 g/mol. The average Bonchev–Trinajstić information content (AvgIpc) is 3.12. The van der Waals surface area contributed by atoms with Crippen molar-refractivity contribution in [2.24, 2.45) is 11.7 Å². The molecule has 2 aliphatic rings. The molecule has 5 rings (SSSR count). The minimum Gasteiger partial charge on any atom is -0.438 e. The number of nitrogens with two attached hydrogens (primary N) is 2. The van der Waals surface area contributed by atoms with Gasteiger partial charge in [-0.05, 0) is 24.1 Å². The van der Waals surface area contributed by atoms with Gasteiger partial charge < -0.3 is 31.2 Å². The van der Waals surface area contributed by atoms with Crippen molar-refractivity contribution < 1.29 is 27.5 Å². The molecule has 6 N–H and O–H groups in total. The number of likely N-dealkylation sites (tertiary alicyclic amines) is 1. The van der Waals surface area contributed by atoms with Crippen molar-refractivity contribution in [3.8, 4) is 0 Å². The smallest absolute Gasteiger partial charge is 0.393 e. The molecule has 3 aromatic rings. The molecule has 2 fully saturated rings. The number of nitrogens with zero attached hydrogens (tertiary/aromatic N) is 4. The van der Waals surface area contributed by atoms with Crippen LogP contribution >= 0.6 is 0 Å². The summed E-state index contributed by atoms with van der Waals surface area (Å²) in [4.78, 5) is 25.1. The van der Waals surface area contributed by atoms with Crippen LogP contribution in [0.25, 0.3) is 11.1 Å². The number of piperidine rings is 1. The van der Waals surface area contributed by atoms with Crippen molar-refractivity contribution >= 4 is 34.3 Å². The Morgan fingerprint density at radius 1 is 1.25 bits per heavy atom. The van der Waals surface area contributed by atoms with Gasteiger partial charge in [-0.2, -0.15) is 13.2 Å². The largest absolute Gasteiger partial charge is 0.438 e. The van der Waals surface area contributed by atoms with Crippen LogP contribution in [0.5, 0.6) is 0 Å². The highest BCUT2D eigenvalue weighted by molar-refractivity contribution is 6.15. The lowest BCUT2D eigenvalue weighted by molar-refractivity contribution is -0.177. The number of alkyl halides is 3. The van der Waals surface area contributed by atoms with E-state index < -0.39 is 24.0 Å². The lowest BCUT2D eigenvalue weighted by Gasteiger charge is -2.39. The lowest BCUT2D eigenvalue weighted by Crippen LogP contribution is -2.51. The molecule has 5 heterocycles. The normalized spacial score (nSPS) is 21.5. The summed E-state index contributed by atoms with van der Waals surface area (Å²) in [5.41, 5.74) is 14.0. The maximum Gasteiger partial charge on any atom is 0.393 e. The SMILES string of the molecule is Nc1oc2cc(CN3CC(O)C3)cnc2c1C(=O)Nc1cnccc1N1CC(N)CC(C(F)(F)F)C1. The van der Waals surface area contributed by atoms with Gasteiger partial charge in [0.05, 0.1) is 29.6 Å². The number of anilines is 3. The number of halogens is 3. The number of β-amino-alcohol motifs (C(OH)–C–C–N with tert-alkyl or cyclic N) is 1. The van der Waals surface area contributed by atoms with Crippen molar-refractivity contribution in [3.05, 3.63) is 41.9 Å². The molecule has 10 nitrogen and oxygen atoms in total. The summed E-state index contributed by atoms with van der Waals surface area (Å²) in [5.74, 6) is -2.33. The molecule has 13 heteroatoms. The number of fused-ring (bicyclic) bond motifs is 1. The quantitative estimate of drug-likeness (QED) is 0.409. The van der Waals surface area contributed by atoms with E-state index in [2.05, 4.69) is 15.3 Å². The van der Waals surface area contributed by atoms with Crippen LogP contribution < -0.4 is 21.7 Å². The van der Waals surface area contributed by atoms with Crippen LogP contribution in [-0.4, -0.2) is 70.4 Å². The number of nitrogens with one attached hydrogen (secondary N) is 1. The van der Waals surface area contributed by atoms with Gasteiger partial charge in [-0.1, -0.05) is 0 Å². The standard InChI is InChI=1S/C23H26F3N7O3/c24-23(25,26)13-4-14(27)9-33(8-13)17-1-2-29-6-16(17)31-22(35)19-20-18(36-21(19)28)3-12(5-30-20)7-32-10-15(34)11-32/h1-3,5-6,13-15,34H,4,7-11,27-28H2,(H,31,35). The van der Waals surface area contributed by atoms with E-state index >= 15 is 0 Å². The zero-order valence-corrected chi connectivity index (χ0v) is 19.2. The zero-order chi connectivity index (χ0) is 25.6. The third-order valence-electron chi connectivity index (χ3n) is 6.52.